The average Bonchev–Trinajstić information content (AvgIpc) is 3.87. The summed E-state index contributed by atoms with van der Waals surface area (Å²) < 4.78 is 132. The van der Waals surface area contributed by atoms with Crippen LogP contribution < -0.4 is 4.90 Å². The monoisotopic (exact) mass is 666 g/mol. The molecule has 0 fully saturated rings. The van der Waals surface area contributed by atoms with Gasteiger partial charge in [-0.15, -0.1) is 0 Å². The minimum Gasteiger partial charge on any atom is -0.455 e. The number of para-hydroxylation sites is 4. The van der Waals surface area contributed by atoms with Gasteiger partial charge in [-0.05, 0) is 83.3 Å². The van der Waals surface area contributed by atoms with Crippen molar-refractivity contribution in [3.63, 3.8) is 0 Å². The van der Waals surface area contributed by atoms with Gasteiger partial charge in [-0.25, -0.2) is 0 Å². The molecule has 0 bridgehead atoms. The summed E-state index contributed by atoms with van der Waals surface area (Å²) in [6.07, 6.45) is 0. The molecule has 0 radical (unpaired) electrons. The molecule has 3 nitrogen and oxygen atoms in total. The fraction of sp³-hybridized carbons (Fsp3) is 0. The molecule has 0 saturated carbocycles. The molecule has 8 aromatic carbocycles. The van der Waals surface area contributed by atoms with Gasteiger partial charge in [0.25, 0.3) is 0 Å². The lowest BCUT2D eigenvalue weighted by molar-refractivity contribution is 0.670. The van der Waals surface area contributed by atoms with Crippen LogP contribution in [-0.2, 0) is 0 Å². The van der Waals surface area contributed by atoms with Gasteiger partial charge in [0.2, 0.25) is 0 Å². The number of hydrogen-bond acceptors (Lipinski definition) is 2. The predicted octanol–water partition coefficient (Wildman–Crippen LogP) is 13.5. The second-order valence-corrected chi connectivity index (χ2v) is 11.9. The van der Waals surface area contributed by atoms with E-state index in [2.05, 4.69) is 28.8 Å². The van der Waals surface area contributed by atoms with E-state index in [4.69, 9.17) is 18.1 Å². The largest absolute Gasteiger partial charge is 0.455 e. The SMILES string of the molecule is [2H]c1c([2H])c([2H])c(-c2c([2H])c([2H])c(N(c3cc(-c4ccc(-n5c6ccccc6c6ccccc65)cc4)c4oc5ccccc5c4c3)c3c([2H])c([2H])c([2H])c([2H])c3[2H])c([2H])c2[2H])c([2H])c1[2H]. The predicted molar refractivity (Wildman–Crippen MR) is 214 cm³/mol. The highest BCUT2D eigenvalue weighted by Gasteiger charge is 2.20. The number of anilines is 3. The number of fused-ring (bicyclic) bond motifs is 6. The Morgan fingerprint density at radius 2 is 1.02 bits per heavy atom. The van der Waals surface area contributed by atoms with E-state index in [0.29, 0.717) is 33.1 Å². The summed E-state index contributed by atoms with van der Waals surface area (Å²) in [7, 11) is 0. The summed E-state index contributed by atoms with van der Waals surface area (Å²) in [5.41, 5.74) is 2.96. The first kappa shape index (κ1) is 18.2. The molecule has 10 aromatic rings. The van der Waals surface area contributed by atoms with Gasteiger partial charge in [0.05, 0.1) is 30.2 Å². The minimum atomic E-state index is -0.785. The van der Waals surface area contributed by atoms with Crippen LogP contribution >= 0.6 is 0 Å². The van der Waals surface area contributed by atoms with Crippen LogP contribution in [0.2, 0.25) is 0 Å². The number of furan rings is 1. The second-order valence-electron chi connectivity index (χ2n) is 11.9. The highest BCUT2D eigenvalue weighted by atomic mass is 16.3. The Balaban J connectivity index is 1.27. The lowest BCUT2D eigenvalue weighted by atomic mass is 9.99. The molecule has 0 aliphatic heterocycles. The van der Waals surface area contributed by atoms with Gasteiger partial charge in [0.15, 0.2) is 0 Å². The third kappa shape index (κ3) is 4.90. The Morgan fingerprint density at radius 1 is 0.451 bits per heavy atom. The Labute approximate surface area is 315 Å². The van der Waals surface area contributed by atoms with Crippen LogP contribution in [0.3, 0.4) is 0 Å². The Morgan fingerprint density at radius 3 is 1.71 bits per heavy atom. The van der Waals surface area contributed by atoms with E-state index in [0.717, 1.165) is 32.4 Å². The zero-order valence-corrected chi connectivity index (χ0v) is 26.7. The van der Waals surface area contributed by atoms with Crippen LogP contribution in [-0.4, -0.2) is 4.57 Å². The van der Waals surface area contributed by atoms with Crippen LogP contribution in [0.15, 0.2) is 198 Å². The van der Waals surface area contributed by atoms with Crippen molar-refractivity contribution in [3.05, 3.63) is 194 Å². The molecule has 0 N–H and O–H groups in total. The Bertz CT molecular complexity index is 3530. The van der Waals surface area contributed by atoms with Gasteiger partial charge in [-0.3, -0.25) is 0 Å². The van der Waals surface area contributed by atoms with Crippen molar-refractivity contribution in [2.75, 3.05) is 4.90 Å². The summed E-state index contributed by atoms with van der Waals surface area (Å²) in [5, 5.41) is 3.37. The normalized spacial score (nSPS) is 15.4. The lowest BCUT2D eigenvalue weighted by Gasteiger charge is -2.26. The van der Waals surface area contributed by atoms with Crippen molar-refractivity contribution < 1.29 is 23.6 Å². The molecular formula is C48H32N2O. The van der Waals surface area contributed by atoms with Crippen molar-refractivity contribution >= 4 is 60.8 Å². The van der Waals surface area contributed by atoms with Crippen LogP contribution in [0.25, 0.3) is 71.7 Å². The van der Waals surface area contributed by atoms with Gasteiger partial charge in [0.1, 0.15) is 11.2 Å². The third-order valence-electron chi connectivity index (χ3n) is 9.03. The summed E-state index contributed by atoms with van der Waals surface area (Å²) in [6, 6.07) is 24.2. The molecular weight excluding hydrogens is 621 g/mol. The van der Waals surface area contributed by atoms with E-state index in [1.165, 1.54) is 0 Å². The summed E-state index contributed by atoms with van der Waals surface area (Å²) in [5.74, 6) is 0. The van der Waals surface area contributed by atoms with Crippen LogP contribution in [0.5, 0.6) is 0 Å². The molecule has 2 heterocycles. The van der Waals surface area contributed by atoms with Crippen molar-refractivity contribution in [1.82, 2.24) is 4.57 Å². The highest BCUT2D eigenvalue weighted by molar-refractivity contribution is 6.12. The smallest absolute Gasteiger partial charge is 0.143 e. The van der Waals surface area contributed by atoms with Crippen molar-refractivity contribution in [1.29, 1.82) is 0 Å². The molecule has 0 saturated heterocycles. The molecule has 0 aliphatic rings. The van der Waals surface area contributed by atoms with Gasteiger partial charge < -0.3 is 13.9 Å². The molecule has 0 amide bonds. The Kier molecular flexibility index (Phi) is 4.27. The van der Waals surface area contributed by atoms with E-state index in [9.17, 15) is 5.48 Å². The number of nitrogens with zero attached hydrogens (tertiary/aromatic N) is 2. The molecule has 0 spiro atoms. The fourth-order valence-electron chi connectivity index (χ4n) is 6.79. The standard InChI is InChI=1S/C48H32N2O/c1-3-13-33(14-4-1)34-23-27-37(28-24-34)49(36-15-5-2-6-16-36)39-31-43(48-44(32-39)42-19-9-12-22-47(42)51-48)35-25-29-38(30-26-35)50-45-20-10-7-17-40(45)41-18-8-11-21-46(41)50/h1-32H/i1D,2D,3D,4D,5D,6D,13D,14D,15D,16D,23D,24D,27D,28D. The molecule has 2 aromatic heterocycles. The van der Waals surface area contributed by atoms with E-state index in [1.54, 1.807) is 18.2 Å². The molecule has 3 heteroatoms. The molecule has 0 unspecified atom stereocenters. The van der Waals surface area contributed by atoms with Gasteiger partial charge in [0, 0.05) is 49.9 Å². The first-order chi connectivity index (χ1) is 31.1. The zero-order chi connectivity index (χ0) is 45.9. The number of aromatic nitrogens is 1. The first-order valence-corrected chi connectivity index (χ1v) is 16.2. The van der Waals surface area contributed by atoms with Crippen molar-refractivity contribution in [2.45, 2.75) is 0 Å². The zero-order valence-electron chi connectivity index (χ0n) is 40.7. The highest BCUT2D eigenvalue weighted by Crippen LogP contribution is 2.44. The third-order valence-corrected chi connectivity index (χ3v) is 9.03. The molecule has 51 heavy (non-hydrogen) atoms. The summed E-state index contributed by atoms with van der Waals surface area (Å²) in [6.45, 7) is 0. The van der Waals surface area contributed by atoms with Crippen LogP contribution in [0, 0.1) is 0 Å². The fourth-order valence-corrected chi connectivity index (χ4v) is 6.79. The number of rotatable bonds is 6. The maximum Gasteiger partial charge on any atom is 0.143 e. The second kappa shape index (κ2) is 11.9. The molecule has 0 aliphatic carbocycles. The summed E-state index contributed by atoms with van der Waals surface area (Å²) in [4.78, 5) is 1.10. The lowest BCUT2D eigenvalue weighted by Crippen LogP contribution is -2.10. The minimum absolute atomic E-state index is 0.0837. The Hall–Kier alpha value is -6.84. The number of benzene rings is 8. The van der Waals surface area contributed by atoms with E-state index < -0.39 is 107 Å². The molecule has 10 rings (SSSR count). The van der Waals surface area contributed by atoms with Gasteiger partial charge in [-0.2, -0.15) is 0 Å². The van der Waals surface area contributed by atoms with Gasteiger partial charge >= 0.3 is 0 Å². The van der Waals surface area contributed by atoms with Crippen molar-refractivity contribution in [2.24, 2.45) is 0 Å². The summed E-state index contributed by atoms with van der Waals surface area (Å²) >= 11 is 0. The van der Waals surface area contributed by atoms with Gasteiger partial charge in [-0.1, -0.05) is 127 Å². The number of hydrogen-bond donors (Lipinski definition) is 0. The quantitative estimate of drug-likeness (QED) is 0.176. The van der Waals surface area contributed by atoms with Crippen molar-refractivity contribution in [3.8, 4) is 27.9 Å². The van der Waals surface area contributed by atoms with E-state index >= 15 is 0 Å². The van der Waals surface area contributed by atoms with E-state index in [1.807, 2.05) is 66.7 Å². The average molecular weight is 667 g/mol. The topological polar surface area (TPSA) is 21.3 Å². The first-order valence-electron chi connectivity index (χ1n) is 23.2. The molecule has 0 atom stereocenters. The maximum absolute atomic E-state index is 9.46. The molecule has 240 valence electrons. The van der Waals surface area contributed by atoms with Crippen LogP contribution in [0.1, 0.15) is 19.2 Å². The maximum atomic E-state index is 9.46. The van der Waals surface area contributed by atoms with Crippen LogP contribution in [0.4, 0.5) is 17.1 Å². The van der Waals surface area contributed by atoms with E-state index in [-0.39, 0.29) is 5.69 Å².